The number of halogens is 1. The number of ether oxygens (including phenoxy) is 1. The van der Waals surface area contributed by atoms with Crippen LogP contribution in [0.3, 0.4) is 0 Å². The van der Waals surface area contributed by atoms with Crippen molar-refractivity contribution in [1.82, 2.24) is 4.90 Å². The second-order valence-electron chi connectivity index (χ2n) is 6.88. The number of rotatable bonds is 3. The van der Waals surface area contributed by atoms with E-state index in [2.05, 4.69) is 0 Å². The minimum Gasteiger partial charge on any atom is -0.497 e. The summed E-state index contributed by atoms with van der Waals surface area (Å²) in [6.45, 7) is 3.98. The lowest BCUT2D eigenvalue weighted by molar-refractivity contribution is -0.122. The Morgan fingerprint density at radius 1 is 1.12 bits per heavy atom. The Balaban J connectivity index is 1.86. The number of carbonyl (C=O) groups is 2. The molecular formula is C20H21FN2O3. The molecule has 6 heteroatoms. The van der Waals surface area contributed by atoms with Crippen LogP contribution in [-0.4, -0.2) is 42.5 Å². The van der Waals surface area contributed by atoms with Crippen molar-refractivity contribution < 1.29 is 18.7 Å². The Morgan fingerprint density at radius 2 is 1.77 bits per heavy atom. The van der Waals surface area contributed by atoms with Gasteiger partial charge in [0.25, 0.3) is 5.91 Å². The van der Waals surface area contributed by atoms with Crippen molar-refractivity contribution in [3.8, 4) is 5.75 Å². The number of amides is 2. The smallest absolute Gasteiger partial charge is 0.257 e. The van der Waals surface area contributed by atoms with Gasteiger partial charge < -0.3 is 14.5 Å². The third-order valence-electron chi connectivity index (χ3n) is 4.48. The molecule has 1 aliphatic heterocycles. The highest BCUT2D eigenvalue weighted by Gasteiger charge is 2.41. The topological polar surface area (TPSA) is 49.9 Å². The summed E-state index contributed by atoms with van der Waals surface area (Å²) in [6, 6.07) is 13.0. The van der Waals surface area contributed by atoms with Gasteiger partial charge in [-0.1, -0.05) is 12.1 Å². The van der Waals surface area contributed by atoms with Gasteiger partial charge in [-0.2, -0.15) is 0 Å². The molecule has 2 amide bonds. The predicted octanol–water partition coefficient (Wildman–Crippen LogP) is 3.10. The van der Waals surface area contributed by atoms with Gasteiger partial charge in [0, 0.05) is 12.2 Å². The maximum absolute atomic E-state index is 13.9. The number of hydrogen-bond donors (Lipinski definition) is 0. The van der Waals surface area contributed by atoms with E-state index in [1.54, 1.807) is 30.2 Å². The first-order valence-corrected chi connectivity index (χ1v) is 8.34. The summed E-state index contributed by atoms with van der Waals surface area (Å²) in [4.78, 5) is 28.6. The molecule has 1 saturated heterocycles. The molecule has 2 aromatic carbocycles. The van der Waals surface area contributed by atoms with E-state index in [0.29, 0.717) is 12.3 Å². The van der Waals surface area contributed by atoms with Gasteiger partial charge >= 0.3 is 0 Å². The van der Waals surface area contributed by atoms with Crippen LogP contribution in [0.2, 0.25) is 0 Å². The van der Waals surface area contributed by atoms with Gasteiger partial charge in [0.2, 0.25) is 5.91 Å². The lowest BCUT2D eigenvalue weighted by Crippen LogP contribution is -2.63. The average molecular weight is 356 g/mol. The molecule has 136 valence electrons. The van der Waals surface area contributed by atoms with Gasteiger partial charge in [-0.05, 0) is 50.2 Å². The molecule has 0 saturated carbocycles. The first-order chi connectivity index (χ1) is 12.3. The van der Waals surface area contributed by atoms with Crippen LogP contribution >= 0.6 is 0 Å². The van der Waals surface area contributed by atoms with Gasteiger partial charge in [0.1, 0.15) is 18.1 Å². The molecule has 0 unspecified atom stereocenters. The van der Waals surface area contributed by atoms with Gasteiger partial charge in [-0.3, -0.25) is 9.59 Å². The minimum atomic E-state index is -0.634. The van der Waals surface area contributed by atoms with Crippen LogP contribution in [0.1, 0.15) is 24.2 Å². The molecule has 5 nitrogen and oxygen atoms in total. The summed E-state index contributed by atoms with van der Waals surface area (Å²) in [5.74, 6) is -0.567. The summed E-state index contributed by atoms with van der Waals surface area (Å²) >= 11 is 0. The SMILES string of the molecule is COc1ccc(N2C(=O)CN(C(=O)c3ccccc3F)CC2(C)C)cc1. The van der Waals surface area contributed by atoms with Crippen LogP contribution in [0.5, 0.6) is 5.75 Å². The van der Waals surface area contributed by atoms with Gasteiger partial charge in [0.05, 0.1) is 18.2 Å². The van der Waals surface area contributed by atoms with Crippen molar-refractivity contribution in [2.24, 2.45) is 0 Å². The van der Waals surface area contributed by atoms with Gasteiger partial charge in [0.15, 0.2) is 0 Å². The molecule has 0 aromatic heterocycles. The van der Waals surface area contributed by atoms with E-state index in [4.69, 9.17) is 4.74 Å². The minimum absolute atomic E-state index is 0.0194. The molecule has 0 spiro atoms. The maximum Gasteiger partial charge on any atom is 0.257 e. The molecule has 1 fully saturated rings. The number of methoxy groups -OCH3 is 1. The van der Waals surface area contributed by atoms with Crippen LogP contribution in [0, 0.1) is 5.82 Å². The number of benzene rings is 2. The third-order valence-corrected chi connectivity index (χ3v) is 4.48. The molecule has 0 bridgehead atoms. The van der Waals surface area contributed by atoms with Crippen molar-refractivity contribution in [1.29, 1.82) is 0 Å². The molecule has 0 radical (unpaired) electrons. The van der Waals surface area contributed by atoms with Crippen molar-refractivity contribution in [3.05, 3.63) is 59.9 Å². The Labute approximate surface area is 152 Å². The van der Waals surface area contributed by atoms with Crippen LogP contribution in [0.25, 0.3) is 0 Å². The Kier molecular flexibility index (Phi) is 4.68. The van der Waals surface area contributed by atoms with E-state index >= 15 is 0 Å². The van der Waals surface area contributed by atoms with E-state index in [1.807, 2.05) is 26.0 Å². The summed E-state index contributed by atoms with van der Waals surface area (Å²) in [7, 11) is 1.58. The monoisotopic (exact) mass is 356 g/mol. The summed E-state index contributed by atoms with van der Waals surface area (Å²) in [5, 5.41) is 0. The standard InChI is InChI=1S/C20H21FN2O3/c1-20(2)13-22(19(25)16-6-4-5-7-17(16)21)12-18(24)23(20)14-8-10-15(26-3)11-9-14/h4-11H,12-13H2,1-3H3. The fourth-order valence-corrected chi connectivity index (χ4v) is 3.34. The molecular weight excluding hydrogens is 335 g/mol. The van der Waals surface area contributed by atoms with Crippen LogP contribution < -0.4 is 9.64 Å². The number of piperazine rings is 1. The van der Waals surface area contributed by atoms with E-state index in [1.165, 1.54) is 23.1 Å². The van der Waals surface area contributed by atoms with Gasteiger partial charge in [-0.25, -0.2) is 4.39 Å². The molecule has 1 aliphatic rings. The number of hydrogen-bond acceptors (Lipinski definition) is 3. The molecule has 0 aliphatic carbocycles. The zero-order valence-electron chi connectivity index (χ0n) is 15.0. The Morgan fingerprint density at radius 3 is 2.35 bits per heavy atom. The predicted molar refractivity (Wildman–Crippen MR) is 96.9 cm³/mol. The average Bonchev–Trinajstić information content (AvgIpc) is 2.61. The third kappa shape index (κ3) is 3.27. The molecule has 2 aromatic rings. The summed E-state index contributed by atoms with van der Waals surface area (Å²) < 4.78 is 19.1. The van der Waals surface area contributed by atoms with E-state index in [-0.39, 0.29) is 18.0 Å². The van der Waals surface area contributed by atoms with Crippen molar-refractivity contribution >= 4 is 17.5 Å². The fraction of sp³-hybridized carbons (Fsp3) is 0.300. The second kappa shape index (κ2) is 6.78. The normalized spacial score (nSPS) is 16.5. The summed E-state index contributed by atoms with van der Waals surface area (Å²) in [5.41, 5.74) is 0.0815. The van der Waals surface area contributed by atoms with Crippen molar-refractivity contribution in [2.75, 3.05) is 25.1 Å². The van der Waals surface area contributed by atoms with Crippen molar-refractivity contribution in [3.63, 3.8) is 0 Å². The highest BCUT2D eigenvalue weighted by atomic mass is 19.1. The zero-order chi connectivity index (χ0) is 18.9. The van der Waals surface area contributed by atoms with E-state index < -0.39 is 17.3 Å². The molecule has 0 atom stereocenters. The van der Waals surface area contributed by atoms with E-state index in [0.717, 1.165) is 5.69 Å². The first-order valence-electron chi connectivity index (χ1n) is 8.34. The Hall–Kier alpha value is -2.89. The molecule has 26 heavy (non-hydrogen) atoms. The summed E-state index contributed by atoms with van der Waals surface area (Å²) in [6.07, 6.45) is 0. The lowest BCUT2D eigenvalue weighted by atomic mass is 9.96. The van der Waals surface area contributed by atoms with Crippen LogP contribution in [0.15, 0.2) is 48.5 Å². The molecule has 0 N–H and O–H groups in total. The zero-order valence-corrected chi connectivity index (χ0v) is 15.0. The molecule has 3 rings (SSSR count). The highest BCUT2D eigenvalue weighted by Crippen LogP contribution is 2.30. The first kappa shape index (κ1) is 17.9. The van der Waals surface area contributed by atoms with Crippen LogP contribution in [0.4, 0.5) is 10.1 Å². The van der Waals surface area contributed by atoms with Crippen molar-refractivity contribution in [2.45, 2.75) is 19.4 Å². The largest absolute Gasteiger partial charge is 0.497 e. The fourth-order valence-electron chi connectivity index (χ4n) is 3.34. The Bertz CT molecular complexity index is 833. The quantitative estimate of drug-likeness (QED) is 0.849. The highest BCUT2D eigenvalue weighted by molar-refractivity contribution is 6.02. The van der Waals surface area contributed by atoms with Crippen LogP contribution in [-0.2, 0) is 4.79 Å². The van der Waals surface area contributed by atoms with E-state index in [9.17, 15) is 14.0 Å². The number of anilines is 1. The molecule has 1 heterocycles. The number of nitrogens with zero attached hydrogens (tertiary/aromatic N) is 2. The number of carbonyl (C=O) groups excluding carboxylic acids is 2. The second-order valence-corrected chi connectivity index (χ2v) is 6.88. The van der Waals surface area contributed by atoms with Gasteiger partial charge in [-0.15, -0.1) is 0 Å². The lowest BCUT2D eigenvalue weighted by Gasteiger charge is -2.46. The maximum atomic E-state index is 13.9.